The second-order valence-electron chi connectivity index (χ2n) is 7.31. The van der Waals surface area contributed by atoms with Crippen LogP contribution in [0.15, 0.2) is 58.0 Å². The van der Waals surface area contributed by atoms with Crippen LogP contribution in [-0.4, -0.2) is 17.3 Å². The molecule has 154 valence electrons. The molecule has 0 amide bonds. The SMILES string of the molecule is CCOc1cccc2c1O[C@@H](c1ccc(F)c(F)c1)N1N=C(c3ccc(C)o3)C[C@@H]21. The lowest BCUT2D eigenvalue weighted by Crippen LogP contribution is -2.34. The van der Waals surface area contributed by atoms with Crippen molar-refractivity contribution in [3.8, 4) is 11.5 Å². The molecule has 2 aromatic carbocycles. The minimum Gasteiger partial charge on any atom is -0.490 e. The first-order valence-corrected chi connectivity index (χ1v) is 9.85. The second-order valence-corrected chi connectivity index (χ2v) is 7.31. The van der Waals surface area contributed by atoms with Crippen molar-refractivity contribution in [3.63, 3.8) is 0 Å². The molecule has 2 aliphatic heterocycles. The highest BCUT2D eigenvalue weighted by atomic mass is 19.2. The van der Waals surface area contributed by atoms with E-state index in [1.54, 1.807) is 5.01 Å². The number of halogens is 2. The largest absolute Gasteiger partial charge is 0.490 e. The minimum atomic E-state index is -0.929. The fourth-order valence-corrected chi connectivity index (χ4v) is 3.98. The van der Waals surface area contributed by atoms with Gasteiger partial charge in [0.05, 0.1) is 12.6 Å². The van der Waals surface area contributed by atoms with Gasteiger partial charge in [-0.25, -0.2) is 13.8 Å². The maximum Gasteiger partial charge on any atom is 0.214 e. The van der Waals surface area contributed by atoms with E-state index >= 15 is 0 Å². The van der Waals surface area contributed by atoms with E-state index in [-0.39, 0.29) is 6.04 Å². The van der Waals surface area contributed by atoms with Gasteiger partial charge in [-0.2, -0.15) is 5.10 Å². The van der Waals surface area contributed by atoms with E-state index < -0.39 is 17.9 Å². The Bertz CT molecular complexity index is 1140. The quantitative estimate of drug-likeness (QED) is 0.569. The van der Waals surface area contributed by atoms with Crippen LogP contribution in [0.5, 0.6) is 11.5 Å². The third-order valence-corrected chi connectivity index (χ3v) is 5.33. The van der Waals surface area contributed by atoms with E-state index in [1.165, 1.54) is 6.07 Å². The van der Waals surface area contributed by atoms with Gasteiger partial charge in [0, 0.05) is 17.5 Å². The summed E-state index contributed by atoms with van der Waals surface area (Å²) >= 11 is 0. The van der Waals surface area contributed by atoms with Gasteiger partial charge in [0.25, 0.3) is 0 Å². The zero-order valence-electron chi connectivity index (χ0n) is 16.6. The molecule has 30 heavy (non-hydrogen) atoms. The fourth-order valence-electron chi connectivity index (χ4n) is 3.98. The summed E-state index contributed by atoms with van der Waals surface area (Å²) in [5.41, 5.74) is 2.18. The first-order valence-electron chi connectivity index (χ1n) is 9.85. The number of hydrogen-bond acceptors (Lipinski definition) is 5. The molecule has 1 aromatic heterocycles. The Morgan fingerprint density at radius 3 is 2.73 bits per heavy atom. The van der Waals surface area contributed by atoms with E-state index in [1.807, 2.05) is 44.2 Å². The number of hydrogen-bond donors (Lipinski definition) is 0. The summed E-state index contributed by atoms with van der Waals surface area (Å²) < 4.78 is 45.3. The van der Waals surface area contributed by atoms with Crippen LogP contribution < -0.4 is 9.47 Å². The van der Waals surface area contributed by atoms with Crippen molar-refractivity contribution in [1.29, 1.82) is 0 Å². The monoisotopic (exact) mass is 410 g/mol. The molecule has 0 aliphatic carbocycles. The molecule has 0 saturated carbocycles. The van der Waals surface area contributed by atoms with Gasteiger partial charge < -0.3 is 13.9 Å². The van der Waals surface area contributed by atoms with Crippen LogP contribution in [0.3, 0.4) is 0 Å². The van der Waals surface area contributed by atoms with E-state index in [0.29, 0.717) is 35.9 Å². The first-order chi connectivity index (χ1) is 14.5. The highest BCUT2D eigenvalue weighted by molar-refractivity contribution is 5.99. The van der Waals surface area contributed by atoms with Gasteiger partial charge in [-0.15, -0.1) is 0 Å². The number of ether oxygens (including phenoxy) is 2. The molecule has 0 fully saturated rings. The predicted molar refractivity (Wildman–Crippen MR) is 107 cm³/mol. The molecular weight excluding hydrogens is 390 g/mol. The lowest BCUT2D eigenvalue weighted by atomic mass is 9.97. The molecule has 2 aliphatic rings. The number of benzene rings is 2. The zero-order chi connectivity index (χ0) is 20.8. The number of para-hydroxylation sites is 1. The number of nitrogens with zero attached hydrogens (tertiary/aromatic N) is 2. The Hall–Kier alpha value is -3.35. The number of aryl methyl sites for hydroxylation is 1. The Labute approximate surface area is 172 Å². The second kappa shape index (κ2) is 7.16. The van der Waals surface area contributed by atoms with Crippen LogP contribution in [0, 0.1) is 18.6 Å². The van der Waals surface area contributed by atoms with Gasteiger partial charge in [0.1, 0.15) is 17.2 Å². The molecule has 5 nitrogen and oxygen atoms in total. The number of rotatable bonds is 4. The third kappa shape index (κ3) is 3.01. The van der Waals surface area contributed by atoms with Crippen LogP contribution in [0.25, 0.3) is 0 Å². The fraction of sp³-hybridized carbons (Fsp3) is 0.261. The van der Waals surface area contributed by atoms with Crippen molar-refractivity contribution < 1.29 is 22.7 Å². The minimum absolute atomic E-state index is 0.146. The molecule has 5 rings (SSSR count). The van der Waals surface area contributed by atoms with Gasteiger partial charge >= 0.3 is 0 Å². The molecule has 0 radical (unpaired) electrons. The van der Waals surface area contributed by atoms with Crippen molar-refractivity contribution in [2.45, 2.75) is 32.5 Å². The van der Waals surface area contributed by atoms with Gasteiger partial charge in [-0.3, -0.25) is 0 Å². The molecule has 3 heterocycles. The number of furan rings is 1. The van der Waals surface area contributed by atoms with Crippen LogP contribution in [-0.2, 0) is 0 Å². The van der Waals surface area contributed by atoms with Gasteiger partial charge in [-0.1, -0.05) is 18.2 Å². The molecule has 0 unspecified atom stereocenters. The molecule has 2 atom stereocenters. The number of fused-ring (bicyclic) bond motifs is 3. The molecular formula is C23H20F2N2O3. The third-order valence-electron chi connectivity index (χ3n) is 5.33. The summed E-state index contributed by atoms with van der Waals surface area (Å²) in [5, 5.41) is 6.54. The molecule has 0 saturated heterocycles. The smallest absolute Gasteiger partial charge is 0.214 e. The van der Waals surface area contributed by atoms with Crippen molar-refractivity contribution >= 4 is 5.71 Å². The zero-order valence-corrected chi connectivity index (χ0v) is 16.6. The highest BCUT2D eigenvalue weighted by Crippen LogP contribution is 2.50. The lowest BCUT2D eigenvalue weighted by molar-refractivity contribution is -0.0214. The molecule has 7 heteroatoms. The maximum atomic E-state index is 14.0. The van der Waals surface area contributed by atoms with Crippen molar-refractivity contribution in [2.24, 2.45) is 5.10 Å². The van der Waals surface area contributed by atoms with Crippen LogP contribution in [0.1, 0.15) is 48.3 Å². The van der Waals surface area contributed by atoms with Crippen LogP contribution >= 0.6 is 0 Å². The van der Waals surface area contributed by atoms with Gasteiger partial charge in [0.15, 0.2) is 23.1 Å². The molecule has 3 aromatic rings. The summed E-state index contributed by atoms with van der Waals surface area (Å²) in [7, 11) is 0. The number of hydrazone groups is 1. The average molecular weight is 410 g/mol. The van der Waals surface area contributed by atoms with Crippen molar-refractivity contribution in [2.75, 3.05) is 6.61 Å². The Morgan fingerprint density at radius 2 is 2.00 bits per heavy atom. The molecule has 0 bridgehead atoms. The van der Waals surface area contributed by atoms with E-state index in [0.717, 1.165) is 29.2 Å². The topological polar surface area (TPSA) is 47.2 Å². The van der Waals surface area contributed by atoms with E-state index in [9.17, 15) is 8.78 Å². The Kier molecular flexibility index (Phi) is 4.46. The van der Waals surface area contributed by atoms with Crippen molar-refractivity contribution in [3.05, 3.63) is 82.8 Å². The summed E-state index contributed by atoms with van der Waals surface area (Å²) in [5.74, 6) is 0.866. The standard InChI is InChI=1S/C23H20F2N2O3/c1-3-28-21-6-4-5-15-19-12-18(20-10-7-13(2)29-20)26-27(19)23(30-22(15)21)14-8-9-16(24)17(25)11-14/h4-11,19,23H,3,12H2,1-2H3/t19-,23-/m0/s1. The Balaban J connectivity index is 1.62. The summed E-state index contributed by atoms with van der Waals surface area (Å²) in [6.45, 7) is 4.26. The average Bonchev–Trinajstić information content (AvgIpc) is 3.37. The van der Waals surface area contributed by atoms with Crippen molar-refractivity contribution in [1.82, 2.24) is 5.01 Å². The van der Waals surface area contributed by atoms with Crippen LogP contribution in [0.4, 0.5) is 8.78 Å². The van der Waals surface area contributed by atoms with Gasteiger partial charge in [-0.05, 0) is 44.2 Å². The summed E-state index contributed by atoms with van der Waals surface area (Å²) in [4.78, 5) is 0. The predicted octanol–water partition coefficient (Wildman–Crippen LogP) is 5.51. The van der Waals surface area contributed by atoms with E-state index in [2.05, 4.69) is 0 Å². The first kappa shape index (κ1) is 18.7. The normalized spacial score (nSPS) is 19.7. The summed E-state index contributed by atoms with van der Waals surface area (Å²) in [6.07, 6.45) is -0.133. The highest BCUT2D eigenvalue weighted by Gasteiger charge is 2.42. The van der Waals surface area contributed by atoms with Gasteiger partial charge in [0.2, 0.25) is 6.23 Å². The molecule has 0 N–H and O–H groups in total. The molecule has 0 spiro atoms. The lowest BCUT2D eigenvalue weighted by Gasteiger charge is -2.38. The van der Waals surface area contributed by atoms with Crippen LogP contribution in [0.2, 0.25) is 0 Å². The Morgan fingerprint density at radius 1 is 1.13 bits per heavy atom. The maximum absolute atomic E-state index is 14.0. The summed E-state index contributed by atoms with van der Waals surface area (Å²) in [6, 6.07) is 13.1. The van der Waals surface area contributed by atoms with E-state index in [4.69, 9.17) is 19.0 Å².